The van der Waals surface area contributed by atoms with E-state index in [1.165, 1.54) is 6.07 Å². The Morgan fingerprint density at radius 3 is 2.35 bits per heavy atom. The summed E-state index contributed by atoms with van der Waals surface area (Å²) in [5.74, 6) is -0.402. The SMILES string of the molecule is Cc1ccc(-n2nc3c(=O)n(CCCN4CCC(N5C(=O)c6ccccc6NC5c5ccccc5F)CC4)nc(C)c3c2C)cc1. The predicted molar refractivity (Wildman–Crippen MR) is 177 cm³/mol. The van der Waals surface area contributed by atoms with Crippen LogP contribution in [0.4, 0.5) is 10.1 Å². The van der Waals surface area contributed by atoms with E-state index < -0.39 is 6.17 Å². The monoisotopic (exact) mass is 619 g/mol. The molecule has 9 nitrogen and oxygen atoms in total. The lowest BCUT2D eigenvalue weighted by Gasteiger charge is -2.45. The number of fused-ring (bicyclic) bond motifs is 2. The first kappa shape index (κ1) is 29.9. The van der Waals surface area contributed by atoms with Gasteiger partial charge in [0.25, 0.3) is 11.5 Å². The first-order valence-electron chi connectivity index (χ1n) is 16.0. The maximum absolute atomic E-state index is 15.0. The third-order valence-electron chi connectivity index (χ3n) is 9.42. The average Bonchev–Trinajstić information content (AvgIpc) is 3.42. The fourth-order valence-corrected chi connectivity index (χ4v) is 7.01. The zero-order valence-electron chi connectivity index (χ0n) is 26.4. The van der Waals surface area contributed by atoms with Crippen LogP contribution in [-0.4, -0.2) is 60.9 Å². The summed E-state index contributed by atoms with van der Waals surface area (Å²) in [5.41, 5.74) is 5.84. The molecule has 1 saturated heterocycles. The molecule has 0 bridgehead atoms. The van der Waals surface area contributed by atoms with Crippen LogP contribution in [0.25, 0.3) is 16.6 Å². The van der Waals surface area contributed by atoms with Crippen LogP contribution in [0.2, 0.25) is 0 Å². The minimum Gasteiger partial charge on any atom is -0.361 e. The second-order valence-electron chi connectivity index (χ2n) is 12.4. The highest BCUT2D eigenvalue weighted by Crippen LogP contribution is 2.37. The normalized spacial score (nSPS) is 17.3. The van der Waals surface area contributed by atoms with E-state index in [1.807, 2.05) is 85.0 Å². The zero-order chi connectivity index (χ0) is 31.9. The highest BCUT2D eigenvalue weighted by Gasteiger charge is 2.39. The van der Waals surface area contributed by atoms with Gasteiger partial charge in [-0.25, -0.2) is 13.8 Å². The van der Waals surface area contributed by atoms with Crippen molar-refractivity contribution >= 4 is 22.5 Å². The molecule has 1 unspecified atom stereocenters. The van der Waals surface area contributed by atoms with Gasteiger partial charge in [0.05, 0.1) is 28.0 Å². The molecule has 3 aromatic carbocycles. The van der Waals surface area contributed by atoms with E-state index in [9.17, 15) is 14.0 Å². The number of carbonyl (C=O) groups excluding carboxylic acids is 1. The van der Waals surface area contributed by atoms with Crippen LogP contribution in [0.1, 0.15) is 58.3 Å². The molecule has 4 heterocycles. The van der Waals surface area contributed by atoms with Crippen molar-refractivity contribution < 1.29 is 9.18 Å². The number of carbonyl (C=O) groups is 1. The largest absolute Gasteiger partial charge is 0.361 e. The molecule has 2 aliphatic rings. The van der Waals surface area contributed by atoms with Gasteiger partial charge in [-0.1, -0.05) is 48.0 Å². The Balaban J connectivity index is 1.03. The third-order valence-corrected chi connectivity index (χ3v) is 9.42. The molecule has 10 heteroatoms. The van der Waals surface area contributed by atoms with Gasteiger partial charge >= 0.3 is 0 Å². The Morgan fingerprint density at radius 2 is 1.59 bits per heavy atom. The number of hydrogen-bond donors (Lipinski definition) is 1. The molecule has 1 fully saturated rings. The van der Waals surface area contributed by atoms with E-state index >= 15 is 0 Å². The number of aromatic nitrogens is 4. The first-order valence-corrected chi connectivity index (χ1v) is 16.0. The number of benzene rings is 3. The summed E-state index contributed by atoms with van der Waals surface area (Å²) >= 11 is 0. The summed E-state index contributed by atoms with van der Waals surface area (Å²) in [6.45, 7) is 8.86. The highest BCUT2D eigenvalue weighted by atomic mass is 19.1. The van der Waals surface area contributed by atoms with Crippen LogP contribution in [0.15, 0.2) is 77.6 Å². The molecule has 1 atom stereocenters. The van der Waals surface area contributed by atoms with Crippen LogP contribution >= 0.6 is 0 Å². The van der Waals surface area contributed by atoms with Gasteiger partial charge in [-0.15, -0.1) is 0 Å². The molecule has 2 aliphatic heterocycles. The van der Waals surface area contributed by atoms with Gasteiger partial charge < -0.3 is 15.1 Å². The van der Waals surface area contributed by atoms with Crippen LogP contribution in [-0.2, 0) is 6.54 Å². The maximum Gasteiger partial charge on any atom is 0.295 e. The molecule has 0 saturated carbocycles. The van der Waals surface area contributed by atoms with E-state index in [4.69, 9.17) is 5.10 Å². The lowest BCUT2D eigenvalue weighted by atomic mass is 9.96. The van der Waals surface area contributed by atoms with Gasteiger partial charge in [0, 0.05) is 36.9 Å². The molecular weight excluding hydrogens is 581 g/mol. The Labute approximate surface area is 267 Å². The van der Waals surface area contributed by atoms with Gasteiger partial charge in [-0.3, -0.25) is 9.59 Å². The summed E-state index contributed by atoms with van der Waals surface area (Å²) < 4.78 is 18.4. The Bertz CT molecular complexity index is 1980. The van der Waals surface area contributed by atoms with Crippen molar-refractivity contribution in [1.82, 2.24) is 29.4 Å². The second-order valence-corrected chi connectivity index (χ2v) is 12.4. The predicted octanol–water partition coefficient (Wildman–Crippen LogP) is 5.77. The summed E-state index contributed by atoms with van der Waals surface area (Å²) in [6, 6.07) is 22.2. The van der Waals surface area contributed by atoms with Crippen molar-refractivity contribution in [2.75, 3.05) is 25.0 Å². The Kier molecular flexibility index (Phi) is 7.90. The van der Waals surface area contributed by atoms with E-state index in [0.29, 0.717) is 23.2 Å². The number of nitrogens with zero attached hydrogens (tertiary/aromatic N) is 6. The van der Waals surface area contributed by atoms with Gasteiger partial charge in [-0.2, -0.15) is 10.2 Å². The number of likely N-dealkylation sites (tertiary alicyclic amines) is 1. The fourth-order valence-electron chi connectivity index (χ4n) is 7.01. The molecular formula is C36H38FN7O2. The van der Waals surface area contributed by atoms with Gasteiger partial charge in [0.1, 0.15) is 12.0 Å². The quantitative estimate of drug-likeness (QED) is 0.249. The smallest absolute Gasteiger partial charge is 0.295 e. The highest BCUT2D eigenvalue weighted by molar-refractivity contribution is 6.02. The minimum absolute atomic E-state index is 0.0320. The molecule has 1 amide bonds. The number of para-hydroxylation sites is 1. The molecule has 46 heavy (non-hydrogen) atoms. The molecule has 0 spiro atoms. The minimum atomic E-state index is -0.575. The summed E-state index contributed by atoms with van der Waals surface area (Å²) in [4.78, 5) is 31.5. The Morgan fingerprint density at radius 1 is 0.870 bits per heavy atom. The average molecular weight is 620 g/mol. The van der Waals surface area contributed by atoms with E-state index in [2.05, 4.69) is 15.3 Å². The van der Waals surface area contributed by atoms with Crippen molar-refractivity contribution in [3.05, 3.63) is 117 Å². The molecule has 7 rings (SSSR count). The number of anilines is 1. The maximum atomic E-state index is 15.0. The van der Waals surface area contributed by atoms with Gasteiger partial charge in [0.2, 0.25) is 0 Å². The van der Waals surface area contributed by atoms with Crippen LogP contribution in [0, 0.1) is 26.6 Å². The number of amides is 1. The van der Waals surface area contributed by atoms with Crippen LogP contribution in [0.5, 0.6) is 0 Å². The van der Waals surface area contributed by atoms with Crippen molar-refractivity contribution in [2.24, 2.45) is 0 Å². The number of aryl methyl sites for hydroxylation is 4. The molecule has 0 radical (unpaired) electrons. The lowest BCUT2D eigenvalue weighted by Crippen LogP contribution is -2.52. The topological polar surface area (TPSA) is 88.3 Å². The number of piperidine rings is 1. The van der Waals surface area contributed by atoms with E-state index in [-0.39, 0.29) is 23.3 Å². The number of halogens is 1. The summed E-state index contributed by atoms with van der Waals surface area (Å²) in [7, 11) is 0. The fraction of sp³-hybridized carbons (Fsp3) is 0.333. The first-order chi connectivity index (χ1) is 22.3. The van der Waals surface area contributed by atoms with E-state index in [1.54, 1.807) is 16.8 Å². The van der Waals surface area contributed by atoms with Gasteiger partial charge in [0.15, 0.2) is 5.52 Å². The summed E-state index contributed by atoms with van der Waals surface area (Å²) in [6.07, 6.45) is 1.74. The molecule has 1 N–H and O–H groups in total. The number of nitrogens with one attached hydrogen (secondary N) is 1. The van der Waals surface area contributed by atoms with Crippen molar-refractivity contribution in [3.8, 4) is 5.69 Å². The second kappa shape index (κ2) is 12.2. The molecule has 5 aromatic rings. The lowest BCUT2D eigenvalue weighted by molar-refractivity contribution is 0.0445. The van der Waals surface area contributed by atoms with Gasteiger partial charge in [-0.05, 0) is 76.9 Å². The number of rotatable bonds is 7. The number of hydrogen-bond acceptors (Lipinski definition) is 6. The molecule has 0 aliphatic carbocycles. The van der Waals surface area contributed by atoms with Crippen molar-refractivity contribution in [1.29, 1.82) is 0 Å². The van der Waals surface area contributed by atoms with Crippen molar-refractivity contribution in [2.45, 2.75) is 58.8 Å². The third kappa shape index (κ3) is 5.36. The molecule has 2 aromatic heterocycles. The van der Waals surface area contributed by atoms with Crippen LogP contribution in [0.3, 0.4) is 0 Å². The Hall–Kier alpha value is -4.83. The summed E-state index contributed by atoms with van der Waals surface area (Å²) in [5, 5.41) is 13.6. The zero-order valence-corrected chi connectivity index (χ0v) is 26.4. The van der Waals surface area contributed by atoms with Crippen LogP contribution < -0.4 is 10.9 Å². The standard InChI is InChI=1S/C36H38FN7O2/c1-23-13-15-27(16-14-23)44-25(3)32-24(2)39-42(36(46)33(32)40-44)20-8-19-41-21-17-26(18-22-41)43-34(28-9-4-6-11-30(28)37)38-31-12-7-5-10-29(31)35(43)45/h4-7,9-16,26,34,38H,8,17-22H2,1-3H3. The van der Waals surface area contributed by atoms with E-state index in [0.717, 1.165) is 72.6 Å². The molecule has 236 valence electrons. The van der Waals surface area contributed by atoms with Crippen molar-refractivity contribution in [3.63, 3.8) is 0 Å².